The number of piperazine rings is 1. The summed E-state index contributed by atoms with van der Waals surface area (Å²) in [5, 5.41) is 3.01. The van der Waals surface area contributed by atoms with Crippen LogP contribution in [-0.4, -0.2) is 44.0 Å². The highest BCUT2D eigenvalue weighted by molar-refractivity contribution is 5.90. The van der Waals surface area contributed by atoms with Crippen LogP contribution in [0.3, 0.4) is 0 Å². The lowest BCUT2D eigenvalue weighted by Crippen LogP contribution is -2.44. The Labute approximate surface area is 156 Å². The highest BCUT2D eigenvalue weighted by Gasteiger charge is 2.14. The number of aromatic nitrogens is 1. The standard InChI is InChI=1S/C21H28N4O/c1-23-15-17-25(18-16-23)20-10-8-19(9-11-20)22-21(26)7-3-6-14-24-12-4-2-5-13-24/h2,4-5,8-13H,3,6-7,14-18H2,1H3/p+1. The van der Waals surface area contributed by atoms with Crippen LogP contribution in [0.4, 0.5) is 11.4 Å². The molecule has 0 saturated carbocycles. The van der Waals surface area contributed by atoms with Gasteiger partial charge in [0, 0.05) is 62.5 Å². The number of benzene rings is 1. The molecule has 1 N–H and O–H groups in total. The van der Waals surface area contributed by atoms with Crippen LogP contribution in [0.5, 0.6) is 0 Å². The molecule has 1 aliphatic heterocycles. The number of carbonyl (C=O) groups is 1. The van der Waals surface area contributed by atoms with E-state index in [2.05, 4.69) is 51.3 Å². The van der Waals surface area contributed by atoms with Gasteiger partial charge in [-0.15, -0.1) is 0 Å². The topological polar surface area (TPSA) is 39.5 Å². The molecule has 26 heavy (non-hydrogen) atoms. The molecule has 1 fully saturated rings. The zero-order valence-corrected chi connectivity index (χ0v) is 15.6. The molecule has 0 atom stereocenters. The molecule has 0 radical (unpaired) electrons. The number of rotatable bonds is 7. The van der Waals surface area contributed by atoms with E-state index in [-0.39, 0.29) is 5.91 Å². The Morgan fingerprint density at radius 3 is 2.38 bits per heavy atom. The Hall–Kier alpha value is -2.40. The summed E-state index contributed by atoms with van der Waals surface area (Å²) in [4.78, 5) is 16.9. The normalized spacial score (nSPS) is 15.0. The van der Waals surface area contributed by atoms with Gasteiger partial charge in [0.1, 0.15) is 6.54 Å². The molecule has 1 saturated heterocycles. The average molecular weight is 353 g/mol. The van der Waals surface area contributed by atoms with E-state index in [0.29, 0.717) is 6.42 Å². The van der Waals surface area contributed by atoms with Crippen LogP contribution in [0, 0.1) is 0 Å². The SMILES string of the molecule is CN1CCN(c2ccc(NC(=O)CCCC[n+]3ccccc3)cc2)CC1. The molecule has 1 amide bonds. The van der Waals surface area contributed by atoms with Gasteiger partial charge in [-0.3, -0.25) is 4.79 Å². The molecular weight excluding hydrogens is 324 g/mol. The van der Waals surface area contributed by atoms with Crippen molar-refractivity contribution < 1.29 is 9.36 Å². The first kappa shape index (κ1) is 18.4. The molecule has 1 aliphatic rings. The molecule has 0 aliphatic carbocycles. The van der Waals surface area contributed by atoms with Gasteiger partial charge in [0.2, 0.25) is 5.91 Å². The molecule has 1 aromatic carbocycles. The monoisotopic (exact) mass is 353 g/mol. The van der Waals surface area contributed by atoms with E-state index in [4.69, 9.17) is 0 Å². The fourth-order valence-electron chi connectivity index (χ4n) is 3.21. The second-order valence-corrected chi connectivity index (χ2v) is 6.96. The number of hydrogen-bond donors (Lipinski definition) is 1. The number of likely N-dealkylation sites (N-methyl/N-ethyl adjacent to an activating group) is 1. The van der Waals surface area contributed by atoms with Crippen molar-refractivity contribution in [3.05, 3.63) is 54.9 Å². The van der Waals surface area contributed by atoms with Gasteiger partial charge in [-0.25, -0.2) is 4.57 Å². The number of hydrogen-bond acceptors (Lipinski definition) is 3. The largest absolute Gasteiger partial charge is 0.369 e. The van der Waals surface area contributed by atoms with E-state index in [1.165, 1.54) is 5.69 Å². The smallest absolute Gasteiger partial charge is 0.224 e. The number of nitrogens with zero attached hydrogens (tertiary/aromatic N) is 3. The highest BCUT2D eigenvalue weighted by Crippen LogP contribution is 2.19. The Bertz CT molecular complexity index is 679. The molecule has 1 aromatic heterocycles. The third-order valence-corrected chi connectivity index (χ3v) is 4.87. The Morgan fingerprint density at radius 2 is 1.69 bits per heavy atom. The van der Waals surface area contributed by atoms with Gasteiger partial charge in [0.25, 0.3) is 0 Å². The van der Waals surface area contributed by atoms with Crippen molar-refractivity contribution in [2.45, 2.75) is 25.8 Å². The minimum atomic E-state index is 0.0930. The first-order valence-corrected chi connectivity index (χ1v) is 9.48. The molecule has 2 aromatic rings. The summed E-state index contributed by atoms with van der Waals surface area (Å²) in [6.07, 6.45) is 6.58. The van der Waals surface area contributed by atoms with Gasteiger partial charge in [-0.05, 0) is 37.7 Å². The van der Waals surface area contributed by atoms with Crippen LogP contribution < -0.4 is 14.8 Å². The van der Waals surface area contributed by atoms with Crippen LogP contribution in [0.1, 0.15) is 19.3 Å². The molecule has 0 bridgehead atoms. The number of unbranched alkanes of at least 4 members (excludes halogenated alkanes) is 1. The molecular formula is C21H29N4O+. The fraction of sp³-hybridized carbons (Fsp3) is 0.429. The minimum Gasteiger partial charge on any atom is -0.369 e. The molecule has 3 rings (SSSR count). The Kier molecular flexibility index (Phi) is 6.61. The van der Waals surface area contributed by atoms with Crippen molar-refractivity contribution in [3.8, 4) is 0 Å². The molecule has 0 spiro atoms. The molecule has 138 valence electrons. The van der Waals surface area contributed by atoms with E-state index in [0.717, 1.165) is 51.3 Å². The van der Waals surface area contributed by atoms with Gasteiger partial charge < -0.3 is 15.1 Å². The molecule has 0 unspecified atom stereocenters. The summed E-state index contributed by atoms with van der Waals surface area (Å²) in [6.45, 7) is 5.26. The zero-order valence-electron chi connectivity index (χ0n) is 15.6. The van der Waals surface area contributed by atoms with Crippen LogP contribution in [0.2, 0.25) is 0 Å². The predicted molar refractivity (Wildman–Crippen MR) is 105 cm³/mol. The van der Waals surface area contributed by atoms with Crippen LogP contribution >= 0.6 is 0 Å². The van der Waals surface area contributed by atoms with Crippen molar-refractivity contribution in [2.24, 2.45) is 0 Å². The van der Waals surface area contributed by atoms with Gasteiger partial charge in [0.05, 0.1) is 0 Å². The van der Waals surface area contributed by atoms with Gasteiger partial charge in [0.15, 0.2) is 12.4 Å². The number of anilines is 2. The average Bonchev–Trinajstić information content (AvgIpc) is 2.67. The van der Waals surface area contributed by atoms with E-state index in [1.807, 2.05) is 30.3 Å². The lowest BCUT2D eigenvalue weighted by molar-refractivity contribution is -0.697. The van der Waals surface area contributed by atoms with Crippen molar-refractivity contribution in [1.82, 2.24) is 4.90 Å². The predicted octanol–water partition coefficient (Wildman–Crippen LogP) is 2.53. The lowest BCUT2D eigenvalue weighted by atomic mass is 10.2. The first-order valence-electron chi connectivity index (χ1n) is 9.48. The third kappa shape index (κ3) is 5.56. The molecule has 2 heterocycles. The number of aryl methyl sites for hydroxylation is 1. The number of amides is 1. The quantitative estimate of drug-likeness (QED) is 0.614. The Morgan fingerprint density at radius 1 is 1.00 bits per heavy atom. The van der Waals surface area contributed by atoms with E-state index in [9.17, 15) is 4.79 Å². The summed E-state index contributed by atoms with van der Waals surface area (Å²) in [7, 11) is 2.16. The number of nitrogens with one attached hydrogen (secondary N) is 1. The second kappa shape index (κ2) is 9.34. The summed E-state index contributed by atoms with van der Waals surface area (Å²) < 4.78 is 2.15. The molecule has 5 nitrogen and oxygen atoms in total. The van der Waals surface area contributed by atoms with Crippen molar-refractivity contribution in [1.29, 1.82) is 0 Å². The number of carbonyl (C=O) groups excluding carboxylic acids is 1. The molecule has 5 heteroatoms. The van der Waals surface area contributed by atoms with Crippen molar-refractivity contribution in [2.75, 3.05) is 43.4 Å². The first-order chi connectivity index (χ1) is 12.7. The van der Waals surface area contributed by atoms with Gasteiger partial charge in [-0.2, -0.15) is 0 Å². The summed E-state index contributed by atoms with van der Waals surface area (Å²) in [5.41, 5.74) is 2.11. The van der Waals surface area contributed by atoms with Crippen molar-refractivity contribution >= 4 is 17.3 Å². The van der Waals surface area contributed by atoms with Crippen molar-refractivity contribution in [3.63, 3.8) is 0 Å². The zero-order chi connectivity index (χ0) is 18.2. The Balaban J connectivity index is 1.38. The highest BCUT2D eigenvalue weighted by atomic mass is 16.1. The third-order valence-electron chi connectivity index (χ3n) is 4.87. The van der Waals surface area contributed by atoms with Gasteiger partial charge in [-0.1, -0.05) is 6.07 Å². The van der Waals surface area contributed by atoms with Gasteiger partial charge >= 0.3 is 0 Å². The summed E-state index contributed by atoms with van der Waals surface area (Å²) >= 11 is 0. The van der Waals surface area contributed by atoms with Crippen LogP contribution in [0.15, 0.2) is 54.9 Å². The summed E-state index contributed by atoms with van der Waals surface area (Å²) in [6, 6.07) is 14.3. The maximum absolute atomic E-state index is 12.1. The number of pyridine rings is 1. The van der Waals surface area contributed by atoms with E-state index in [1.54, 1.807) is 0 Å². The lowest BCUT2D eigenvalue weighted by Gasteiger charge is -2.34. The minimum absolute atomic E-state index is 0.0930. The maximum atomic E-state index is 12.1. The van der Waals surface area contributed by atoms with E-state index >= 15 is 0 Å². The van der Waals surface area contributed by atoms with Crippen LogP contribution in [-0.2, 0) is 11.3 Å². The second-order valence-electron chi connectivity index (χ2n) is 6.96. The maximum Gasteiger partial charge on any atom is 0.224 e. The van der Waals surface area contributed by atoms with Crippen LogP contribution in [0.25, 0.3) is 0 Å². The van der Waals surface area contributed by atoms with E-state index < -0.39 is 0 Å². The summed E-state index contributed by atoms with van der Waals surface area (Å²) in [5.74, 6) is 0.0930. The fourth-order valence-corrected chi connectivity index (χ4v) is 3.21.